The van der Waals surface area contributed by atoms with E-state index in [1.807, 2.05) is 19.0 Å². The van der Waals surface area contributed by atoms with E-state index in [0.29, 0.717) is 19.7 Å². The molecule has 5 heteroatoms. The first-order chi connectivity index (χ1) is 7.56. The summed E-state index contributed by atoms with van der Waals surface area (Å²) in [5.41, 5.74) is 0. The summed E-state index contributed by atoms with van der Waals surface area (Å²) < 4.78 is 4.96. The maximum absolute atomic E-state index is 11.9. The molecule has 92 valence electrons. The van der Waals surface area contributed by atoms with Crippen molar-refractivity contribution in [2.75, 3.05) is 33.8 Å². The van der Waals surface area contributed by atoms with E-state index in [9.17, 15) is 9.59 Å². The van der Waals surface area contributed by atoms with Gasteiger partial charge >= 0.3 is 5.97 Å². The van der Waals surface area contributed by atoms with E-state index in [0.717, 1.165) is 12.8 Å². The Labute approximate surface area is 96.3 Å². The zero-order valence-corrected chi connectivity index (χ0v) is 10.2. The van der Waals surface area contributed by atoms with Crippen LogP contribution < -0.4 is 0 Å². The summed E-state index contributed by atoms with van der Waals surface area (Å²) in [6.45, 7) is 3.15. The highest BCUT2D eigenvalue weighted by molar-refractivity contribution is 5.86. The second-order valence-corrected chi connectivity index (χ2v) is 4.23. The standard InChI is InChI=1S/C11H20N2O3/c1-4-16-11(15)9-6-5-7-13(9)10(14)8-12(2)3/h9H,4-8H2,1-3H3. The Balaban J connectivity index is 2.58. The first kappa shape index (κ1) is 13.0. The van der Waals surface area contributed by atoms with Gasteiger partial charge < -0.3 is 14.5 Å². The van der Waals surface area contributed by atoms with E-state index < -0.39 is 0 Å². The molecule has 1 heterocycles. The summed E-state index contributed by atoms with van der Waals surface area (Å²) in [5, 5.41) is 0. The van der Waals surface area contributed by atoms with Gasteiger partial charge in [-0.05, 0) is 33.9 Å². The average molecular weight is 228 g/mol. The zero-order valence-electron chi connectivity index (χ0n) is 10.2. The maximum Gasteiger partial charge on any atom is 0.328 e. The van der Waals surface area contributed by atoms with Crippen molar-refractivity contribution in [1.82, 2.24) is 9.80 Å². The summed E-state index contributed by atoms with van der Waals surface area (Å²) in [5.74, 6) is -0.271. The lowest BCUT2D eigenvalue weighted by Crippen LogP contribution is -2.44. The topological polar surface area (TPSA) is 49.9 Å². The third-order valence-corrected chi connectivity index (χ3v) is 2.58. The summed E-state index contributed by atoms with van der Waals surface area (Å²) >= 11 is 0. The smallest absolute Gasteiger partial charge is 0.328 e. The van der Waals surface area contributed by atoms with Crippen molar-refractivity contribution < 1.29 is 14.3 Å². The minimum absolute atomic E-state index is 0.000512. The van der Waals surface area contributed by atoms with Gasteiger partial charge in [0.25, 0.3) is 0 Å². The van der Waals surface area contributed by atoms with Gasteiger partial charge in [-0.3, -0.25) is 4.79 Å². The molecule has 0 N–H and O–H groups in total. The quantitative estimate of drug-likeness (QED) is 0.640. The van der Waals surface area contributed by atoms with Gasteiger partial charge in [0.05, 0.1) is 13.2 Å². The fourth-order valence-corrected chi connectivity index (χ4v) is 1.91. The Hall–Kier alpha value is -1.10. The van der Waals surface area contributed by atoms with Crippen LogP contribution in [0.4, 0.5) is 0 Å². The number of likely N-dealkylation sites (N-methyl/N-ethyl adjacent to an activating group) is 1. The van der Waals surface area contributed by atoms with Crippen LogP contribution in [0.5, 0.6) is 0 Å². The van der Waals surface area contributed by atoms with Gasteiger partial charge in [0.2, 0.25) is 5.91 Å². The first-order valence-electron chi connectivity index (χ1n) is 5.67. The molecule has 0 aromatic rings. The second kappa shape index (κ2) is 5.84. The Bertz CT molecular complexity index is 266. The molecule has 5 nitrogen and oxygen atoms in total. The molecule has 0 aromatic carbocycles. The SMILES string of the molecule is CCOC(=O)C1CCCN1C(=O)CN(C)C. The normalized spacial score (nSPS) is 20.2. The molecule has 0 aromatic heterocycles. The van der Waals surface area contributed by atoms with Crippen LogP contribution in [0.1, 0.15) is 19.8 Å². The molecular formula is C11H20N2O3. The van der Waals surface area contributed by atoms with Crippen LogP contribution in [-0.4, -0.2) is 61.5 Å². The van der Waals surface area contributed by atoms with Crippen LogP contribution in [0.3, 0.4) is 0 Å². The van der Waals surface area contributed by atoms with Crippen molar-refractivity contribution in [1.29, 1.82) is 0 Å². The maximum atomic E-state index is 11.9. The lowest BCUT2D eigenvalue weighted by atomic mass is 10.2. The highest BCUT2D eigenvalue weighted by atomic mass is 16.5. The third kappa shape index (κ3) is 3.20. The number of esters is 1. The Kier molecular flexibility index (Phi) is 4.73. The third-order valence-electron chi connectivity index (χ3n) is 2.58. The number of likely N-dealkylation sites (tertiary alicyclic amines) is 1. The van der Waals surface area contributed by atoms with E-state index in [2.05, 4.69) is 0 Å². The van der Waals surface area contributed by atoms with Crippen LogP contribution in [0.25, 0.3) is 0 Å². The first-order valence-corrected chi connectivity index (χ1v) is 5.67. The summed E-state index contributed by atoms with van der Waals surface area (Å²) in [4.78, 5) is 26.9. The number of rotatable bonds is 4. The van der Waals surface area contributed by atoms with E-state index in [1.165, 1.54) is 0 Å². The molecule has 16 heavy (non-hydrogen) atoms. The van der Waals surface area contributed by atoms with Crippen molar-refractivity contribution in [3.63, 3.8) is 0 Å². The van der Waals surface area contributed by atoms with Crippen molar-refractivity contribution in [3.8, 4) is 0 Å². The molecule has 0 radical (unpaired) electrons. The Morgan fingerprint density at radius 2 is 2.12 bits per heavy atom. The van der Waals surface area contributed by atoms with Crippen LogP contribution in [0, 0.1) is 0 Å². The molecule has 1 fully saturated rings. The fourth-order valence-electron chi connectivity index (χ4n) is 1.91. The molecule has 1 atom stereocenters. The van der Waals surface area contributed by atoms with Gasteiger partial charge in [-0.15, -0.1) is 0 Å². The predicted molar refractivity (Wildman–Crippen MR) is 59.9 cm³/mol. The Morgan fingerprint density at radius 3 is 2.69 bits per heavy atom. The summed E-state index contributed by atoms with van der Waals surface area (Å²) in [6.07, 6.45) is 1.60. The fraction of sp³-hybridized carbons (Fsp3) is 0.818. The number of hydrogen-bond donors (Lipinski definition) is 0. The van der Waals surface area contributed by atoms with E-state index in [1.54, 1.807) is 11.8 Å². The Morgan fingerprint density at radius 1 is 1.44 bits per heavy atom. The van der Waals surface area contributed by atoms with Crippen molar-refractivity contribution >= 4 is 11.9 Å². The van der Waals surface area contributed by atoms with Crippen LogP contribution in [0.15, 0.2) is 0 Å². The van der Waals surface area contributed by atoms with Gasteiger partial charge in [-0.25, -0.2) is 4.79 Å². The molecule has 1 unspecified atom stereocenters. The molecule has 0 bridgehead atoms. The minimum atomic E-state index is -0.368. The molecule has 0 spiro atoms. The largest absolute Gasteiger partial charge is 0.464 e. The number of carbonyl (C=O) groups is 2. The molecular weight excluding hydrogens is 208 g/mol. The summed E-state index contributed by atoms with van der Waals surface area (Å²) in [7, 11) is 3.68. The molecule has 0 aliphatic carbocycles. The highest BCUT2D eigenvalue weighted by Gasteiger charge is 2.34. The van der Waals surface area contributed by atoms with Gasteiger partial charge in [0, 0.05) is 6.54 Å². The van der Waals surface area contributed by atoms with Crippen LogP contribution >= 0.6 is 0 Å². The van der Waals surface area contributed by atoms with Crippen molar-refractivity contribution in [3.05, 3.63) is 0 Å². The lowest BCUT2D eigenvalue weighted by Gasteiger charge is -2.24. The monoisotopic (exact) mass is 228 g/mol. The molecule has 1 saturated heterocycles. The van der Waals surface area contributed by atoms with Gasteiger partial charge in [0.1, 0.15) is 6.04 Å². The number of nitrogens with zero attached hydrogens (tertiary/aromatic N) is 2. The van der Waals surface area contributed by atoms with Gasteiger partial charge in [-0.1, -0.05) is 0 Å². The van der Waals surface area contributed by atoms with Crippen LogP contribution in [0.2, 0.25) is 0 Å². The molecule has 1 amide bonds. The highest BCUT2D eigenvalue weighted by Crippen LogP contribution is 2.18. The minimum Gasteiger partial charge on any atom is -0.464 e. The number of carbonyl (C=O) groups excluding carboxylic acids is 2. The zero-order chi connectivity index (χ0) is 12.1. The van der Waals surface area contributed by atoms with Crippen LogP contribution in [-0.2, 0) is 14.3 Å². The van der Waals surface area contributed by atoms with Crippen molar-refractivity contribution in [2.45, 2.75) is 25.8 Å². The van der Waals surface area contributed by atoms with E-state index in [-0.39, 0.29) is 17.9 Å². The van der Waals surface area contributed by atoms with E-state index >= 15 is 0 Å². The number of ether oxygens (including phenoxy) is 1. The molecule has 1 aliphatic heterocycles. The predicted octanol–water partition coefficient (Wildman–Crippen LogP) is 0.102. The summed E-state index contributed by atoms with van der Waals surface area (Å²) in [6, 6.07) is -0.368. The molecule has 1 aliphatic rings. The van der Waals surface area contributed by atoms with Crippen molar-refractivity contribution in [2.24, 2.45) is 0 Å². The number of hydrogen-bond acceptors (Lipinski definition) is 4. The lowest BCUT2D eigenvalue weighted by molar-refractivity contribution is -0.153. The number of amides is 1. The van der Waals surface area contributed by atoms with Gasteiger partial charge in [0.15, 0.2) is 0 Å². The molecule has 1 rings (SSSR count). The molecule has 0 saturated carbocycles. The van der Waals surface area contributed by atoms with Gasteiger partial charge in [-0.2, -0.15) is 0 Å². The van der Waals surface area contributed by atoms with E-state index in [4.69, 9.17) is 4.74 Å². The second-order valence-electron chi connectivity index (χ2n) is 4.23. The average Bonchev–Trinajstić information content (AvgIpc) is 2.65.